The number of Topliss-reactive ketones (excluding diaryl/α,β-unsaturated/α-hetero) is 1. The molecule has 0 aliphatic rings. The van der Waals surface area contributed by atoms with Gasteiger partial charge >= 0.3 is 5.97 Å². The fourth-order valence-corrected chi connectivity index (χ4v) is 1.74. The minimum atomic E-state index is -1.28. The summed E-state index contributed by atoms with van der Waals surface area (Å²) in [6.45, 7) is 0. The second-order valence-corrected chi connectivity index (χ2v) is 3.93. The van der Waals surface area contributed by atoms with Crippen molar-refractivity contribution in [2.45, 2.75) is 5.92 Å². The van der Waals surface area contributed by atoms with Crippen LogP contribution in [0, 0.1) is 11.3 Å². The Kier molecular flexibility index (Phi) is 4.50. The number of hydrogen-bond donors (Lipinski definition) is 0. The lowest BCUT2D eigenvalue weighted by atomic mass is 9.96. The van der Waals surface area contributed by atoms with E-state index in [4.69, 9.17) is 28.5 Å². The Hall–Kier alpha value is -1.57. The molecule has 1 aromatic rings. The van der Waals surface area contributed by atoms with Gasteiger partial charge in [0.25, 0.3) is 5.78 Å². The Morgan fingerprint density at radius 2 is 2.06 bits per heavy atom. The third-order valence-corrected chi connectivity index (χ3v) is 2.61. The summed E-state index contributed by atoms with van der Waals surface area (Å²) in [5.74, 6) is -3.32. The van der Waals surface area contributed by atoms with E-state index in [1.807, 2.05) is 0 Å². The van der Waals surface area contributed by atoms with Crippen LogP contribution in [0.25, 0.3) is 0 Å². The van der Waals surface area contributed by atoms with Crippen LogP contribution < -0.4 is 0 Å². The van der Waals surface area contributed by atoms with Crippen LogP contribution in [0.5, 0.6) is 0 Å². The molecule has 17 heavy (non-hydrogen) atoms. The highest BCUT2D eigenvalue weighted by atomic mass is 35.5. The molecule has 0 aliphatic heterocycles. The summed E-state index contributed by atoms with van der Waals surface area (Å²) in [6, 6.07) is 6.03. The van der Waals surface area contributed by atoms with Gasteiger partial charge in [-0.3, -0.25) is 4.79 Å². The van der Waals surface area contributed by atoms with Gasteiger partial charge < -0.3 is 4.74 Å². The minimum Gasteiger partial charge on any atom is -0.463 e. The van der Waals surface area contributed by atoms with Crippen molar-refractivity contribution < 1.29 is 14.3 Å². The van der Waals surface area contributed by atoms with Crippen LogP contribution in [0.3, 0.4) is 0 Å². The molecule has 0 bridgehead atoms. The number of nitrogens with zero attached hydrogens (tertiary/aromatic N) is 1. The number of carbonyl (C=O) groups is 2. The van der Waals surface area contributed by atoms with Gasteiger partial charge in [-0.2, -0.15) is 5.26 Å². The van der Waals surface area contributed by atoms with E-state index < -0.39 is 17.7 Å². The Labute approximate surface area is 108 Å². The zero-order valence-corrected chi connectivity index (χ0v) is 10.2. The van der Waals surface area contributed by atoms with E-state index >= 15 is 0 Å². The Balaban J connectivity index is 3.16. The van der Waals surface area contributed by atoms with Crippen LogP contribution in [0.15, 0.2) is 18.2 Å². The monoisotopic (exact) mass is 271 g/mol. The molecule has 0 fully saturated rings. The molecule has 0 unspecified atom stereocenters. The molecule has 0 aromatic heterocycles. The average Bonchev–Trinajstić information content (AvgIpc) is 2.31. The average molecular weight is 272 g/mol. The SMILES string of the molecule is COC(=O)C(=O)[C@@H](C#N)c1ccc(Cl)cc1Cl. The molecule has 0 heterocycles. The molecule has 1 atom stereocenters. The van der Waals surface area contributed by atoms with Gasteiger partial charge in [0.15, 0.2) is 0 Å². The van der Waals surface area contributed by atoms with Crippen molar-refractivity contribution in [3.05, 3.63) is 33.8 Å². The molecule has 0 radical (unpaired) electrons. The minimum absolute atomic E-state index is 0.154. The zero-order chi connectivity index (χ0) is 13.0. The third-order valence-electron chi connectivity index (χ3n) is 2.05. The maximum atomic E-state index is 11.6. The summed E-state index contributed by atoms with van der Waals surface area (Å²) in [5.41, 5.74) is 0.231. The van der Waals surface area contributed by atoms with Crippen molar-refractivity contribution in [2.75, 3.05) is 7.11 Å². The maximum Gasteiger partial charge on any atom is 0.376 e. The molecule has 0 saturated carbocycles. The van der Waals surface area contributed by atoms with Gasteiger partial charge in [0.1, 0.15) is 5.92 Å². The summed E-state index contributed by atoms with van der Waals surface area (Å²) < 4.78 is 4.27. The Bertz CT molecular complexity index is 508. The number of esters is 1. The first-order valence-electron chi connectivity index (χ1n) is 4.48. The summed E-state index contributed by atoms with van der Waals surface area (Å²) in [6.07, 6.45) is 0. The Morgan fingerprint density at radius 1 is 1.41 bits per heavy atom. The van der Waals surface area contributed by atoms with Crippen LogP contribution in [0.4, 0.5) is 0 Å². The van der Waals surface area contributed by atoms with Gasteiger partial charge in [0, 0.05) is 10.0 Å². The highest BCUT2D eigenvalue weighted by Gasteiger charge is 2.29. The molecule has 0 N–H and O–H groups in total. The predicted molar refractivity (Wildman–Crippen MR) is 61.8 cm³/mol. The largest absolute Gasteiger partial charge is 0.463 e. The normalized spacial score (nSPS) is 11.4. The maximum absolute atomic E-state index is 11.6. The van der Waals surface area contributed by atoms with Gasteiger partial charge in [-0.25, -0.2) is 4.79 Å². The van der Waals surface area contributed by atoms with Crippen molar-refractivity contribution in [2.24, 2.45) is 0 Å². The number of ketones is 1. The van der Waals surface area contributed by atoms with Crippen molar-refractivity contribution in [1.29, 1.82) is 5.26 Å². The van der Waals surface area contributed by atoms with E-state index in [1.54, 1.807) is 6.07 Å². The standard InChI is InChI=1S/C11H7Cl2NO3/c1-17-11(16)10(15)8(5-14)7-3-2-6(12)4-9(7)13/h2-4,8H,1H3/t8-/m0/s1. The zero-order valence-electron chi connectivity index (χ0n) is 8.74. The van der Waals surface area contributed by atoms with E-state index in [1.165, 1.54) is 18.2 Å². The first-order valence-corrected chi connectivity index (χ1v) is 5.23. The van der Waals surface area contributed by atoms with Gasteiger partial charge in [-0.1, -0.05) is 29.3 Å². The van der Waals surface area contributed by atoms with Crippen LogP contribution >= 0.6 is 23.2 Å². The molecule has 6 heteroatoms. The first kappa shape index (κ1) is 13.5. The molecule has 88 valence electrons. The lowest BCUT2D eigenvalue weighted by molar-refractivity contribution is -0.151. The topological polar surface area (TPSA) is 67.2 Å². The van der Waals surface area contributed by atoms with E-state index in [2.05, 4.69) is 4.74 Å². The lowest BCUT2D eigenvalue weighted by Crippen LogP contribution is -2.22. The number of ether oxygens (including phenoxy) is 1. The molecule has 0 saturated heterocycles. The molecule has 0 spiro atoms. The van der Waals surface area contributed by atoms with Gasteiger partial charge in [0.05, 0.1) is 13.2 Å². The van der Waals surface area contributed by atoms with Gasteiger partial charge in [-0.15, -0.1) is 0 Å². The fraction of sp³-hybridized carbons (Fsp3) is 0.182. The molecule has 1 rings (SSSR count). The second-order valence-electron chi connectivity index (χ2n) is 3.08. The van der Waals surface area contributed by atoms with Crippen LogP contribution in [0.1, 0.15) is 11.5 Å². The second kappa shape index (κ2) is 5.67. The number of carbonyl (C=O) groups excluding carboxylic acids is 2. The van der Waals surface area contributed by atoms with E-state index in [0.29, 0.717) is 5.02 Å². The molecule has 0 amide bonds. The van der Waals surface area contributed by atoms with E-state index in [9.17, 15) is 9.59 Å². The highest BCUT2D eigenvalue weighted by Crippen LogP contribution is 2.28. The quantitative estimate of drug-likeness (QED) is 0.625. The van der Waals surface area contributed by atoms with Crippen LogP contribution in [-0.4, -0.2) is 18.9 Å². The van der Waals surface area contributed by atoms with E-state index in [0.717, 1.165) is 7.11 Å². The summed E-state index contributed by atoms with van der Waals surface area (Å²) in [5, 5.41) is 9.45. The third kappa shape index (κ3) is 2.96. The fourth-order valence-electron chi connectivity index (χ4n) is 1.22. The number of halogens is 2. The number of benzene rings is 1. The molecule has 1 aromatic carbocycles. The molecular formula is C11H7Cl2NO3. The predicted octanol–water partition coefficient (Wildman–Crippen LogP) is 2.34. The molecule has 4 nitrogen and oxygen atoms in total. The number of nitriles is 1. The number of methoxy groups -OCH3 is 1. The van der Waals surface area contributed by atoms with Crippen LogP contribution in [0.2, 0.25) is 10.0 Å². The van der Waals surface area contributed by atoms with Gasteiger partial charge in [-0.05, 0) is 17.7 Å². The Morgan fingerprint density at radius 3 is 2.53 bits per heavy atom. The molecule has 0 aliphatic carbocycles. The lowest BCUT2D eigenvalue weighted by Gasteiger charge is -2.09. The smallest absolute Gasteiger partial charge is 0.376 e. The van der Waals surface area contributed by atoms with Crippen molar-refractivity contribution in [1.82, 2.24) is 0 Å². The van der Waals surface area contributed by atoms with Crippen molar-refractivity contribution in [3.8, 4) is 6.07 Å². The summed E-state index contributed by atoms with van der Waals surface area (Å²) in [4.78, 5) is 22.6. The summed E-state index contributed by atoms with van der Waals surface area (Å²) >= 11 is 11.5. The molecular weight excluding hydrogens is 265 g/mol. The van der Waals surface area contributed by atoms with Gasteiger partial charge in [0.2, 0.25) is 0 Å². The van der Waals surface area contributed by atoms with E-state index in [-0.39, 0.29) is 10.6 Å². The summed E-state index contributed by atoms with van der Waals surface area (Å²) in [7, 11) is 1.07. The number of hydrogen-bond acceptors (Lipinski definition) is 4. The van der Waals surface area contributed by atoms with Crippen molar-refractivity contribution >= 4 is 35.0 Å². The van der Waals surface area contributed by atoms with Crippen LogP contribution in [-0.2, 0) is 14.3 Å². The van der Waals surface area contributed by atoms with Crippen molar-refractivity contribution in [3.63, 3.8) is 0 Å². The first-order chi connectivity index (χ1) is 8.01. The highest BCUT2D eigenvalue weighted by molar-refractivity contribution is 6.38. The number of rotatable bonds is 3.